The monoisotopic (exact) mass is 518 g/mol. The van der Waals surface area contributed by atoms with Gasteiger partial charge in [-0.3, -0.25) is 9.78 Å². The lowest BCUT2D eigenvalue weighted by molar-refractivity contribution is -0.123. The number of carbonyl (C=O) groups is 1. The average molecular weight is 519 g/mol. The third-order valence-electron chi connectivity index (χ3n) is 5.94. The molecule has 1 aromatic heterocycles. The van der Waals surface area contributed by atoms with Crippen LogP contribution in [0, 0.1) is 11.8 Å². The molecule has 0 saturated carbocycles. The molecule has 5 rings (SSSR count). The van der Waals surface area contributed by atoms with Gasteiger partial charge in [-0.2, -0.15) is 0 Å². The smallest absolute Gasteiger partial charge is 0.258 e. The van der Waals surface area contributed by atoms with Crippen molar-refractivity contribution in [1.82, 2.24) is 10.3 Å². The zero-order valence-corrected chi connectivity index (χ0v) is 21.0. The van der Waals surface area contributed by atoms with Gasteiger partial charge in [0.1, 0.15) is 17.0 Å². The lowest BCUT2D eigenvalue weighted by Crippen LogP contribution is -2.33. The molecule has 4 aromatic carbocycles. The Morgan fingerprint density at radius 3 is 2.26 bits per heavy atom. The van der Waals surface area contributed by atoms with Gasteiger partial charge in [0.05, 0.1) is 11.1 Å². The zero-order valence-electron chi connectivity index (χ0n) is 20.3. The summed E-state index contributed by atoms with van der Waals surface area (Å²) in [4.78, 5) is 17.3. The molecule has 5 nitrogen and oxygen atoms in total. The number of aromatic hydroxyl groups is 1. The quantitative estimate of drug-likeness (QED) is 0.260. The summed E-state index contributed by atoms with van der Waals surface area (Å²) in [6.45, 7) is -0.193. The van der Waals surface area contributed by atoms with Gasteiger partial charge in [0.2, 0.25) is 0 Å². The molecule has 1 unspecified atom stereocenters. The maximum atomic E-state index is 13.0. The second kappa shape index (κ2) is 11.5. The van der Waals surface area contributed by atoms with E-state index in [4.69, 9.17) is 16.3 Å². The van der Waals surface area contributed by atoms with Crippen LogP contribution in [-0.4, -0.2) is 22.6 Å². The number of benzene rings is 4. The Bertz CT molecular complexity index is 1630. The predicted octanol–water partition coefficient (Wildman–Crippen LogP) is 6.28. The van der Waals surface area contributed by atoms with Crippen molar-refractivity contribution < 1.29 is 14.6 Å². The van der Waals surface area contributed by atoms with Crippen molar-refractivity contribution in [3.63, 3.8) is 0 Å². The summed E-state index contributed by atoms with van der Waals surface area (Å²) in [5.41, 5.74) is 3.27. The standard InChI is InChI=1S/C32H23ClN2O3/c33-28-20-27(32(37)31-26(28)12-7-19-34-31)30(35-29(36)21-38-25-10-5-2-6-11-25)24-17-15-23(16-18-24)14-13-22-8-3-1-4-9-22/h1-12,15-20,30,37H,21H2,(H,35,36). The molecule has 0 fully saturated rings. The number of hydrogen-bond acceptors (Lipinski definition) is 4. The molecule has 1 atom stereocenters. The van der Waals surface area contributed by atoms with Gasteiger partial charge in [-0.1, -0.05) is 72.0 Å². The molecular weight excluding hydrogens is 496 g/mol. The van der Waals surface area contributed by atoms with Crippen LogP contribution in [0.25, 0.3) is 10.9 Å². The first-order valence-electron chi connectivity index (χ1n) is 12.0. The number of carbonyl (C=O) groups excluding carboxylic acids is 1. The molecule has 1 amide bonds. The fourth-order valence-corrected chi connectivity index (χ4v) is 4.33. The van der Waals surface area contributed by atoms with E-state index in [1.54, 1.807) is 36.5 Å². The summed E-state index contributed by atoms with van der Waals surface area (Å²) >= 11 is 6.56. The maximum absolute atomic E-state index is 13.0. The summed E-state index contributed by atoms with van der Waals surface area (Å²) < 4.78 is 5.63. The number of phenols is 1. The minimum atomic E-state index is -0.707. The zero-order chi connectivity index (χ0) is 26.3. The van der Waals surface area contributed by atoms with Crippen LogP contribution in [-0.2, 0) is 4.79 Å². The molecule has 0 radical (unpaired) electrons. The fourth-order valence-electron chi connectivity index (χ4n) is 4.06. The van der Waals surface area contributed by atoms with Crippen molar-refractivity contribution in [2.75, 3.05) is 6.61 Å². The number of amides is 1. The first kappa shape index (κ1) is 24.9. The molecule has 186 valence electrons. The summed E-state index contributed by atoms with van der Waals surface area (Å²) in [5, 5.41) is 15.2. The summed E-state index contributed by atoms with van der Waals surface area (Å²) in [7, 11) is 0. The topological polar surface area (TPSA) is 71.5 Å². The van der Waals surface area contributed by atoms with Crippen molar-refractivity contribution in [3.05, 3.63) is 137 Å². The predicted molar refractivity (Wildman–Crippen MR) is 149 cm³/mol. The van der Waals surface area contributed by atoms with Crippen molar-refractivity contribution in [1.29, 1.82) is 0 Å². The number of nitrogens with zero attached hydrogens (tertiary/aromatic N) is 1. The van der Waals surface area contributed by atoms with E-state index < -0.39 is 6.04 Å². The highest BCUT2D eigenvalue weighted by Crippen LogP contribution is 2.38. The van der Waals surface area contributed by atoms with Gasteiger partial charge < -0.3 is 15.2 Å². The number of pyridine rings is 1. The van der Waals surface area contributed by atoms with Crippen LogP contribution < -0.4 is 10.1 Å². The molecule has 5 aromatic rings. The van der Waals surface area contributed by atoms with Crippen molar-refractivity contribution >= 4 is 28.4 Å². The second-order valence-corrected chi connectivity index (χ2v) is 8.94. The Morgan fingerprint density at radius 1 is 0.895 bits per heavy atom. The Kier molecular flexibility index (Phi) is 7.54. The molecule has 1 heterocycles. The van der Waals surface area contributed by atoms with Crippen LogP contribution in [0.2, 0.25) is 5.02 Å². The Labute approximate surface area is 225 Å². The van der Waals surface area contributed by atoms with Crippen molar-refractivity contribution in [2.24, 2.45) is 0 Å². The number of hydrogen-bond donors (Lipinski definition) is 2. The molecule has 38 heavy (non-hydrogen) atoms. The largest absolute Gasteiger partial charge is 0.505 e. The number of fused-ring (bicyclic) bond motifs is 1. The Morgan fingerprint density at radius 2 is 1.55 bits per heavy atom. The van der Waals surface area contributed by atoms with E-state index in [2.05, 4.69) is 22.1 Å². The van der Waals surface area contributed by atoms with Gasteiger partial charge in [0.15, 0.2) is 6.61 Å². The van der Waals surface area contributed by atoms with E-state index in [0.717, 1.165) is 16.7 Å². The molecule has 0 bridgehead atoms. The van der Waals surface area contributed by atoms with E-state index in [9.17, 15) is 9.90 Å². The third-order valence-corrected chi connectivity index (χ3v) is 6.26. The summed E-state index contributed by atoms with van der Waals surface area (Å²) in [5.74, 6) is 6.47. The fraction of sp³-hybridized carbons (Fsp3) is 0.0625. The lowest BCUT2D eigenvalue weighted by Gasteiger charge is -2.22. The Balaban J connectivity index is 1.46. The number of phenolic OH excluding ortho intramolecular Hbond substituents is 1. The number of halogens is 1. The number of rotatable bonds is 6. The molecule has 2 N–H and O–H groups in total. The molecule has 6 heteroatoms. The van der Waals surface area contributed by atoms with Crippen LogP contribution in [0.5, 0.6) is 11.5 Å². The van der Waals surface area contributed by atoms with Crippen LogP contribution in [0.3, 0.4) is 0 Å². The highest BCUT2D eigenvalue weighted by atomic mass is 35.5. The first-order chi connectivity index (χ1) is 18.6. The first-order valence-corrected chi connectivity index (χ1v) is 12.4. The second-order valence-electron chi connectivity index (χ2n) is 8.54. The third kappa shape index (κ3) is 5.78. The van der Waals surface area contributed by atoms with Crippen LogP contribution >= 0.6 is 11.6 Å². The maximum Gasteiger partial charge on any atom is 0.258 e. The number of para-hydroxylation sites is 1. The van der Waals surface area contributed by atoms with Crippen LogP contribution in [0.4, 0.5) is 0 Å². The van der Waals surface area contributed by atoms with Gasteiger partial charge in [-0.15, -0.1) is 0 Å². The normalized spacial score (nSPS) is 11.3. The SMILES string of the molecule is O=C(COc1ccccc1)NC(c1ccc(C#Cc2ccccc2)cc1)c1cc(Cl)c2cccnc2c1O. The molecular formula is C32H23ClN2O3. The number of nitrogens with one attached hydrogen (secondary N) is 1. The number of aromatic nitrogens is 1. The summed E-state index contributed by atoms with van der Waals surface area (Å²) in [6.07, 6.45) is 1.59. The minimum absolute atomic E-state index is 0.0489. The number of ether oxygens (including phenoxy) is 1. The van der Waals surface area contributed by atoms with Gasteiger partial charge in [0.25, 0.3) is 5.91 Å². The molecule has 0 aliphatic rings. The van der Waals surface area contributed by atoms with Gasteiger partial charge in [0, 0.05) is 28.3 Å². The van der Waals surface area contributed by atoms with E-state index in [0.29, 0.717) is 27.2 Å². The van der Waals surface area contributed by atoms with E-state index in [-0.39, 0.29) is 18.3 Å². The van der Waals surface area contributed by atoms with Crippen molar-refractivity contribution in [3.8, 4) is 23.3 Å². The highest BCUT2D eigenvalue weighted by Gasteiger charge is 2.23. The molecule has 0 aliphatic carbocycles. The van der Waals surface area contributed by atoms with Crippen molar-refractivity contribution in [2.45, 2.75) is 6.04 Å². The van der Waals surface area contributed by atoms with Gasteiger partial charge in [-0.25, -0.2) is 0 Å². The van der Waals surface area contributed by atoms with E-state index >= 15 is 0 Å². The molecule has 0 aliphatic heterocycles. The molecule has 0 spiro atoms. The Hall–Kier alpha value is -4.79. The van der Waals surface area contributed by atoms with E-state index in [1.165, 1.54) is 0 Å². The van der Waals surface area contributed by atoms with E-state index in [1.807, 2.05) is 72.8 Å². The molecule has 0 saturated heterocycles. The van der Waals surface area contributed by atoms with Gasteiger partial charge in [-0.05, 0) is 60.2 Å². The highest BCUT2D eigenvalue weighted by molar-refractivity contribution is 6.35. The van der Waals surface area contributed by atoms with Crippen LogP contribution in [0.15, 0.2) is 109 Å². The summed E-state index contributed by atoms with van der Waals surface area (Å²) in [6, 6.07) is 30.8. The van der Waals surface area contributed by atoms with Gasteiger partial charge >= 0.3 is 0 Å². The lowest BCUT2D eigenvalue weighted by atomic mass is 9.95. The van der Waals surface area contributed by atoms with Crippen LogP contribution in [0.1, 0.15) is 28.3 Å². The minimum Gasteiger partial charge on any atom is -0.505 e. The average Bonchev–Trinajstić information content (AvgIpc) is 2.97.